The molecule has 4 heteroatoms. The second-order valence-corrected chi connectivity index (χ2v) is 8.94. The van der Waals surface area contributed by atoms with Gasteiger partial charge in [-0.1, -0.05) is 26.7 Å². The van der Waals surface area contributed by atoms with E-state index in [9.17, 15) is 5.11 Å². The first-order valence-electron chi connectivity index (χ1n) is 10.3. The molecule has 3 aliphatic carbocycles. The normalized spacial score (nSPS) is 33.5. The Morgan fingerprint density at radius 1 is 1.12 bits per heavy atom. The second-order valence-electron chi connectivity index (χ2n) is 8.94. The highest BCUT2D eigenvalue weighted by Gasteiger charge is 2.44. The molecule has 138 valence electrons. The number of aliphatic imine (C=N–C) groups is 1. The molecule has 3 fully saturated rings. The smallest absolute Gasteiger partial charge is 0.191 e. The van der Waals surface area contributed by atoms with Gasteiger partial charge in [0.15, 0.2) is 5.96 Å². The monoisotopic (exact) mass is 335 g/mol. The maximum Gasteiger partial charge on any atom is 0.191 e. The molecule has 0 aromatic carbocycles. The molecule has 0 bridgehead atoms. The molecule has 0 aromatic heterocycles. The van der Waals surface area contributed by atoms with Crippen LogP contribution in [0.15, 0.2) is 4.99 Å². The number of guanidine groups is 1. The number of aliphatic hydroxyl groups is 1. The molecule has 0 amide bonds. The van der Waals surface area contributed by atoms with Gasteiger partial charge in [0.2, 0.25) is 0 Å². The SMILES string of the molecule is CCCNC(=NCC1(O)CCCC(C)C1)NC1CCC2(CC1)CC2. The van der Waals surface area contributed by atoms with E-state index in [0.29, 0.717) is 18.5 Å². The van der Waals surface area contributed by atoms with Gasteiger partial charge < -0.3 is 15.7 Å². The average Bonchev–Trinajstić information content (AvgIpc) is 3.31. The Bertz CT molecular complexity index is 436. The largest absolute Gasteiger partial charge is 0.388 e. The Hall–Kier alpha value is -0.770. The van der Waals surface area contributed by atoms with Crippen molar-refractivity contribution < 1.29 is 5.11 Å². The lowest BCUT2D eigenvalue weighted by atomic mass is 9.79. The molecule has 0 aromatic rings. The minimum atomic E-state index is -0.594. The van der Waals surface area contributed by atoms with E-state index in [0.717, 1.165) is 43.6 Å². The van der Waals surface area contributed by atoms with Crippen LogP contribution in [0.1, 0.15) is 84.5 Å². The molecule has 2 unspecified atom stereocenters. The number of hydrogen-bond acceptors (Lipinski definition) is 2. The molecule has 0 saturated heterocycles. The molecule has 1 spiro atoms. The Balaban J connectivity index is 1.54. The molecule has 2 atom stereocenters. The van der Waals surface area contributed by atoms with E-state index in [4.69, 9.17) is 4.99 Å². The molecule has 4 nitrogen and oxygen atoms in total. The van der Waals surface area contributed by atoms with E-state index >= 15 is 0 Å². The third-order valence-corrected chi connectivity index (χ3v) is 6.49. The summed E-state index contributed by atoms with van der Waals surface area (Å²) >= 11 is 0. The minimum absolute atomic E-state index is 0.535. The van der Waals surface area contributed by atoms with Crippen LogP contribution in [0.5, 0.6) is 0 Å². The Morgan fingerprint density at radius 3 is 2.50 bits per heavy atom. The number of hydrogen-bond donors (Lipinski definition) is 3. The quantitative estimate of drug-likeness (QED) is 0.531. The van der Waals surface area contributed by atoms with Gasteiger partial charge in [0.25, 0.3) is 0 Å². The summed E-state index contributed by atoms with van der Waals surface area (Å²) in [6.45, 7) is 5.90. The van der Waals surface area contributed by atoms with Crippen LogP contribution in [-0.2, 0) is 0 Å². The minimum Gasteiger partial charge on any atom is -0.388 e. The standard InChI is InChI=1S/C20H37N3O/c1-3-13-21-18(22-15-20(24)8-4-5-16(2)14-20)23-17-6-9-19(10-7-17)11-12-19/h16-17,24H,3-15H2,1-2H3,(H2,21,22,23). The van der Waals surface area contributed by atoms with Crippen LogP contribution < -0.4 is 10.6 Å². The highest BCUT2D eigenvalue weighted by atomic mass is 16.3. The summed E-state index contributed by atoms with van der Waals surface area (Å²) in [5.74, 6) is 1.53. The molecule has 24 heavy (non-hydrogen) atoms. The van der Waals surface area contributed by atoms with Crippen LogP contribution in [-0.4, -0.2) is 35.8 Å². The molecule has 3 rings (SSSR count). The lowest BCUT2D eigenvalue weighted by Crippen LogP contribution is -2.46. The van der Waals surface area contributed by atoms with Crippen molar-refractivity contribution in [2.45, 2.75) is 96.1 Å². The lowest BCUT2D eigenvalue weighted by Gasteiger charge is -2.35. The van der Waals surface area contributed by atoms with Crippen molar-refractivity contribution in [3.05, 3.63) is 0 Å². The van der Waals surface area contributed by atoms with Gasteiger partial charge in [0, 0.05) is 12.6 Å². The van der Waals surface area contributed by atoms with Crippen molar-refractivity contribution in [1.29, 1.82) is 0 Å². The second kappa shape index (κ2) is 7.63. The van der Waals surface area contributed by atoms with Crippen LogP contribution in [0.25, 0.3) is 0 Å². The fourth-order valence-electron chi connectivity index (χ4n) is 4.64. The number of rotatable bonds is 5. The third kappa shape index (κ3) is 4.87. The van der Waals surface area contributed by atoms with E-state index in [1.807, 2.05) is 0 Å². The lowest BCUT2D eigenvalue weighted by molar-refractivity contribution is -0.00412. The van der Waals surface area contributed by atoms with Gasteiger partial charge in [-0.2, -0.15) is 0 Å². The van der Waals surface area contributed by atoms with Crippen molar-refractivity contribution >= 4 is 5.96 Å². The molecular weight excluding hydrogens is 298 g/mol. The predicted octanol–water partition coefficient (Wildman–Crippen LogP) is 3.60. The van der Waals surface area contributed by atoms with Gasteiger partial charge >= 0.3 is 0 Å². The van der Waals surface area contributed by atoms with Gasteiger partial charge in [-0.15, -0.1) is 0 Å². The highest BCUT2D eigenvalue weighted by molar-refractivity contribution is 5.80. The summed E-state index contributed by atoms with van der Waals surface area (Å²) in [6.07, 6.45) is 13.5. The molecular formula is C20H37N3O. The van der Waals surface area contributed by atoms with E-state index < -0.39 is 5.60 Å². The average molecular weight is 336 g/mol. The van der Waals surface area contributed by atoms with Gasteiger partial charge in [0.1, 0.15) is 0 Å². The van der Waals surface area contributed by atoms with Crippen LogP contribution in [0.2, 0.25) is 0 Å². The Labute approximate surface area is 147 Å². The maximum atomic E-state index is 10.8. The van der Waals surface area contributed by atoms with Gasteiger partial charge in [0.05, 0.1) is 12.1 Å². The Morgan fingerprint density at radius 2 is 1.88 bits per heavy atom. The summed E-state index contributed by atoms with van der Waals surface area (Å²) in [5.41, 5.74) is 0.142. The first kappa shape index (κ1) is 18.0. The van der Waals surface area contributed by atoms with Gasteiger partial charge in [-0.05, 0) is 69.1 Å². The van der Waals surface area contributed by atoms with E-state index in [2.05, 4.69) is 24.5 Å². The van der Waals surface area contributed by atoms with Crippen LogP contribution in [0.3, 0.4) is 0 Å². The van der Waals surface area contributed by atoms with Crippen molar-refractivity contribution in [1.82, 2.24) is 10.6 Å². The Kier molecular flexibility index (Phi) is 5.74. The topological polar surface area (TPSA) is 56.7 Å². The molecule has 3 N–H and O–H groups in total. The zero-order valence-electron chi connectivity index (χ0n) is 15.7. The van der Waals surface area contributed by atoms with Crippen molar-refractivity contribution in [3.8, 4) is 0 Å². The summed E-state index contributed by atoms with van der Waals surface area (Å²) in [6, 6.07) is 0.555. The first-order chi connectivity index (χ1) is 11.5. The fraction of sp³-hybridized carbons (Fsp3) is 0.950. The van der Waals surface area contributed by atoms with Crippen molar-refractivity contribution in [3.63, 3.8) is 0 Å². The van der Waals surface area contributed by atoms with E-state index in [1.54, 1.807) is 0 Å². The van der Waals surface area contributed by atoms with Gasteiger partial charge in [-0.25, -0.2) is 0 Å². The highest BCUT2D eigenvalue weighted by Crippen LogP contribution is 2.56. The zero-order chi connectivity index (χ0) is 17.0. The molecule has 3 saturated carbocycles. The summed E-state index contributed by atoms with van der Waals surface area (Å²) in [7, 11) is 0. The van der Waals surface area contributed by atoms with Crippen LogP contribution >= 0.6 is 0 Å². The number of nitrogens with one attached hydrogen (secondary N) is 2. The zero-order valence-corrected chi connectivity index (χ0v) is 15.7. The van der Waals surface area contributed by atoms with Gasteiger partial charge in [-0.3, -0.25) is 4.99 Å². The molecule has 0 radical (unpaired) electrons. The summed E-state index contributed by atoms with van der Waals surface area (Å²) in [5, 5.41) is 17.9. The molecule has 0 aliphatic heterocycles. The predicted molar refractivity (Wildman–Crippen MR) is 100 cm³/mol. The van der Waals surface area contributed by atoms with Crippen molar-refractivity contribution in [2.75, 3.05) is 13.1 Å². The summed E-state index contributed by atoms with van der Waals surface area (Å²) < 4.78 is 0. The van der Waals surface area contributed by atoms with Crippen LogP contribution in [0, 0.1) is 11.3 Å². The van der Waals surface area contributed by atoms with Crippen molar-refractivity contribution in [2.24, 2.45) is 16.3 Å². The summed E-state index contributed by atoms with van der Waals surface area (Å²) in [4.78, 5) is 4.78. The third-order valence-electron chi connectivity index (χ3n) is 6.49. The van der Waals surface area contributed by atoms with Crippen LogP contribution in [0.4, 0.5) is 0 Å². The maximum absolute atomic E-state index is 10.8. The number of nitrogens with zero attached hydrogens (tertiary/aromatic N) is 1. The van der Waals surface area contributed by atoms with E-state index in [-0.39, 0.29) is 0 Å². The fourth-order valence-corrected chi connectivity index (χ4v) is 4.64. The molecule has 3 aliphatic rings. The first-order valence-corrected chi connectivity index (χ1v) is 10.3. The molecule has 0 heterocycles. The van der Waals surface area contributed by atoms with E-state index in [1.165, 1.54) is 44.9 Å².